The van der Waals surface area contributed by atoms with Gasteiger partial charge in [0.15, 0.2) is 0 Å². The van der Waals surface area contributed by atoms with Crippen molar-refractivity contribution in [1.29, 1.82) is 0 Å². The van der Waals surface area contributed by atoms with E-state index in [-0.39, 0.29) is 18.6 Å². The molecular formula is C27H35N3O5. The van der Waals surface area contributed by atoms with Gasteiger partial charge in [-0.15, -0.1) is 0 Å². The number of aryl methyl sites for hydroxylation is 1. The number of benzene rings is 2. The Hall–Kier alpha value is -3.55. The lowest BCUT2D eigenvalue weighted by molar-refractivity contribution is -0.132. The van der Waals surface area contributed by atoms with E-state index in [1.54, 1.807) is 9.80 Å². The smallest absolute Gasteiger partial charge is 0.410 e. The molecule has 0 aromatic heterocycles. The number of nitrogens with one attached hydrogen (secondary N) is 1. The Morgan fingerprint density at radius 1 is 0.829 bits per heavy atom. The average molecular weight is 482 g/mol. The molecule has 1 saturated heterocycles. The fraction of sp³-hybridized carbons (Fsp3) is 0.444. The Balaban J connectivity index is 1.35. The van der Waals surface area contributed by atoms with Gasteiger partial charge in [0, 0.05) is 39.1 Å². The number of nitrogens with zero attached hydrogens (tertiary/aromatic N) is 2. The summed E-state index contributed by atoms with van der Waals surface area (Å²) in [5.41, 5.74) is 2.43. The molecule has 8 nitrogen and oxygen atoms in total. The van der Waals surface area contributed by atoms with E-state index in [0.29, 0.717) is 45.6 Å². The van der Waals surface area contributed by atoms with Crippen LogP contribution in [0.5, 0.6) is 0 Å². The zero-order valence-corrected chi connectivity index (χ0v) is 20.8. The molecule has 1 fully saturated rings. The summed E-state index contributed by atoms with van der Waals surface area (Å²) >= 11 is 0. The third-order valence-corrected chi connectivity index (χ3v) is 5.58. The van der Waals surface area contributed by atoms with Crippen molar-refractivity contribution in [1.82, 2.24) is 15.1 Å². The highest BCUT2D eigenvalue weighted by Gasteiger charge is 2.24. The number of hydrogen-bond donors (Lipinski definition) is 1. The molecule has 1 aliphatic heterocycles. The predicted molar refractivity (Wildman–Crippen MR) is 133 cm³/mol. The first-order valence-electron chi connectivity index (χ1n) is 12.0. The second kappa shape index (κ2) is 12.2. The molecule has 1 aliphatic rings. The van der Waals surface area contributed by atoms with E-state index in [1.165, 1.54) is 0 Å². The van der Waals surface area contributed by atoms with Gasteiger partial charge in [-0.1, -0.05) is 54.6 Å². The Labute approximate surface area is 207 Å². The third kappa shape index (κ3) is 8.96. The van der Waals surface area contributed by atoms with Crippen molar-refractivity contribution >= 4 is 18.1 Å². The summed E-state index contributed by atoms with van der Waals surface area (Å²) in [5, 5.41) is 2.74. The Bertz CT molecular complexity index is 978. The zero-order chi connectivity index (χ0) is 25.3. The fourth-order valence-electron chi connectivity index (χ4n) is 3.67. The topological polar surface area (TPSA) is 88.2 Å². The molecule has 2 aromatic rings. The summed E-state index contributed by atoms with van der Waals surface area (Å²) in [6.07, 6.45) is 0.255. The minimum Gasteiger partial charge on any atom is -0.445 e. The van der Waals surface area contributed by atoms with Crippen molar-refractivity contribution in [3.05, 3.63) is 71.3 Å². The van der Waals surface area contributed by atoms with Gasteiger partial charge in [-0.25, -0.2) is 9.59 Å². The molecule has 8 heteroatoms. The first-order chi connectivity index (χ1) is 16.7. The highest BCUT2D eigenvalue weighted by Crippen LogP contribution is 2.12. The lowest BCUT2D eigenvalue weighted by atomic mass is 10.1. The SMILES string of the molecule is CC(C)(C)OC(=O)NCc1ccc(CCC(=O)N2CCN(C(=O)OCc3ccccc3)CC2)cc1. The summed E-state index contributed by atoms with van der Waals surface area (Å²) in [5.74, 6) is 0.0815. The van der Waals surface area contributed by atoms with Gasteiger partial charge < -0.3 is 24.6 Å². The summed E-state index contributed by atoms with van der Waals surface area (Å²) in [6, 6.07) is 17.4. The molecule has 3 rings (SSSR count). The molecular weight excluding hydrogens is 446 g/mol. The van der Waals surface area contributed by atoms with Gasteiger partial charge in [0.2, 0.25) is 5.91 Å². The quantitative estimate of drug-likeness (QED) is 0.643. The van der Waals surface area contributed by atoms with E-state index < -0.39 is 11.7 Å². The largest absolute Gasteiger partial charge is 0.445 e. The van der Waals surface area contributed by atoms with Gasteiger partial charge in [0.1, 0.15) is 12.2 Å². The van der Waals surface area contributed by atoms with Crippen molar-refractivity contribution in [2.45, 2.75) is 52.4 Å². The number of hydrogen-bond acceptors (Lipinski definition) is 5. The molecule has 3 amide bonds. The molecule has 0 spiro atoms. The van der Waals surface area contributed by atoms with E-state index in [2.05, 4.69) is 5.32 Å². The molecule has 1 N–H and O–H groups in total. The summed E-state index contributed by atoms with van der Waals surface area (Å²) in [7, 11) is 0. The van der Waals surface area contributed by atoms with Crippen LogP contribution in [0.2, 0.25) is 0 Å². The third-order valence-electron chi connectivity index (χ3n) is 5.58. The van der Waals surface area contributed by atoms with Crippen LogP contribution in [0.25, 0.3) is 0 Å². The second-order valence-corrected chi connectivity index (χ2v) is 9.58. The number of rotatable bonds is 7. The number of carbonyl (C=O) groups excluding carboxylic acids is 3. The molecule has 1 heterocycles. The van der Waals surface area contributed by atoms with Crippen LogP contribution < -0.4 is 5.32 Å². The molecule has 0 saturated carbocycles. The van der Waals surface area contributed by atoms with Crippen LogP contribution in [0.3, 0.4) is 0 Å². The minimum atomic E-state index is -0.529. The first-order valence-corrected chi connectivity index (χ1v) is 12.0. The Morgan fingerprint density at radius 2 is 1.43 bits per heavy atom. The highest BCUT2D eigenvalue weighted by atomic mass is 16.6. The van der Waals surface area contributed by atoms with Crippen LogP contribution in [0.1, 0.15) is 43.9 Å². The lowest BCUT2D eigenvalue weighted by Gasteiger charge is -2.34. The molecule has 0 aliphatic carbocycles. The number of carbonyl (C=O) groups is 3. The lowest BCUT2D eigenvalue weighted by Crippen LogP contribution is -2.50. The minimum absolute atomic E-state index is 0.0815. The monoisotopic (exact) mass is 481 g/mol. The van der Waals surface area contributed by atoms with Gasteiger partial charge in [0.25, 0.3) is 0 Å². The molecule has 35 heavy (non-hydrogen) atoms. The van der Waals surface area contributed by atoms with Crippen LogP contribution >= 0.6 is 0 Å². The van der Waals surface area contributed by atoms with Crippen LogP contribution in [-0.2, 0) is 33.8 Å². The number of piperazine rings is 1. The van der Waals surface area contributed by atoms with Crippen LogP contribution in [-0.4, -0.2) is 59.7 Å². The number of amides is 3. The van der Waals surface area contributed by atoms with Crippen LogP contribution in [0, 0.1) is 0 Å². The van der Waals surface area contributed by atoms with E-state index in [4.69, 9.17) is 9.47 Å². The summed E-state index contributed by atoms with van der Waals surface area (Å²) in [6.45, 7) is 8.05. The molecule has 0 bridgehead atoms. The molecule has 0 atom stereocenters. The predicted octanol–water partition coefficient (Wildman–Crippen LogP) is 4.12. The highest BCUT2D eigenvalue weighted by molar-refractivity contribution is 5.77. The standard InChI is InChI=1S/C27H35N3O5/c1-27(2,3)35-25(32)28-19-22-11-9-21(10-12-22)13-14-24(31)29-15-17-30(18-16-29)26(33)34-20-23-7-5-4-6-8-23/h4-12H,13-20H2,1-3H3,(H,28,32). The van der Waals surface area contributed by atoms with Crippen molar-refractivity contribution < 1.29 is 23.9 Å². The van der Waals surface area contributed by atoms with Crippen LogP contribution in [0.4, 0.5) is 9.59 Å². The van der Waals surface area contributed by atoms with E-state index >= 15 is 0 Å². The summed E-state index contributed by atoms with van der Waals surface area (Å²) < 4.78 is 10.6. The molecule has 2 aromatic carbocycles. The normalized spacial score (nSPS) is 13.8. The zero-order valence-electron chi connectivity index (χ0n) is 20.8. The fourth-order valence-corrected chi connectivity index (χ4v) is 3.67. The van der Waals surface area contributed by atoms with E-state index in [1.807, 2.05) is 75.4 Å². The Kier molecular flexibility index (Phi) is 9.11. The van der Waals surface area contributed by atoms with E-state index in [0.717, 1.165) is 16.7 Å². The van der Waals surface area contributed by atoms with Crippen molar-refractivity contribution in [3.63, 3.8) is 0 Å². The van der Waals surface area contributed by atoms with Gasteiger partial charge in [-0.2, -0.15) is 0 Å². The van der Waals surface area contributed by atoms with Gasteiger partial charge in [-0.3, -0.25) is 4.79 Å². The van der Waals surface area contributed by atoms with Crippen molar-refractivity contribution in [2.75, 3.05) is 26.2 Å². The van der Waals surface area contributed by atoms with Gasteiger partial charge >= 0.3 is 12.2 Å². The average Bonchev–Trinajstić information content (AvgIpc) is 2.85. The maximum atomic E-state index is 12.6. The molecule has 0 unspecified atom stereocenters. The maximum Gasteiger partial charge on any atom is 0.410 e. The van der Waals surface area contributed by atoms with Crippen molar-refractivity contribution in [3.8, 4) is 0 Å². The van der Waals surface area contributed by atoms with Crippen molar-refractivity contribution in [2.24, 2.45) is 0 Å². The number of alkyl carbamates (subject to hydrolysis) is 1. The Morgan fingerprint density at radius 3 is 2.06 bits per heavy atom. The van der Waals surface area contributed by atoms with Gasteiger partial charge in [0.05, 0.1) is 0 Å². The maximum absolute atomic E-state index is 12.6. The number of ether oxygens (including phenoxy) is 2. The van der Waals surface area contributed by atoms with Gasteiger partial charge in [-0.05, 0) is 43.9 Å². The molecule has 0 radical (unpaired) electrons. The summed E-state index contributed by atoms with van der Waals surface area (Å²) in [4.78, 5) is 40.2. The first kappa shape index (κ1) is 26.1. The second-order valence-electron chi connectivity index (χ2n) is 9.58. The van der Waals surface area contributed by atoms with E-state index in [9.17, 15) is 14.4 Å². The van der Waals surface area contributed by atoms with Crippen LogP contribution in [0.15, 0.2) is 54.6 Å². The molecule has 188 valence electrons.